The summed E-state index contributed by atoms with van der Waals surface area (Å²) in [5, 5.41) is 16.7. The third kappa shape index (κ3) is 4.54. The highest BCUT2D eigenvalue weighted by atomic mass is 19.1. The molecule has 9 nitrogen and oxygen atoms in total. The summed E-state index contributed by atoms with van der Waals surface area (Å²) < 4.78 is 20.2. The fourth-order valence-corrected chi connectivity index (χ4v) is 3.76. The van der Waals surface area contributed by atoms with Gasteiger partial charge in [-0.3, -0.25) is 14.5 Å². The number of ether oxygens (including phenoxy) is 1. The van der Waals surface area contributed by atoms with Crippen LogP contribution in [-0.2, 0) is 16.0 Å². The summed E-state index contributed by atoms with van der Waals surface area (Å²) >= 11 is 0. The summed E-state index contributed by atoms with van der Waals surface area (Å²) in [5.41, 5.74) is 7.91. The van der Waals surface area contributed by atoms with Crippen molar-refractivity contribution in [2.24, 2.45) is 0 Å². The first-order valence-electron chi connectivity index (χ1n) is 10.8. The minimum absolute atomic E-state index is 0.126. The number of carbonyl (C=O) groups is 2. The van der Waals surface area contributed by atoms with Gasteiger partial charge in [-0.05, 0) is 56.2 Å². The second-order valence-electron chi connectivity index (χ2n) is 7.81. The van der Waals surface area contributed by atoms with Gasteiger partial charge in [0.15, 0.2) is 6.10 Å². The van der Waals surface area contributed by atoms with E-state index in [4.69, 9.17) is 10.5 Å². The Balaban J connectivity index is 1.35. The molecule has 1 aliphatic heterocycles. The van der Waals surface area contributed by atoms with Crippen molar-refractivity contribution in [3.8, 4) is 17.5 Å². The number of hydrogen-bond acceptors (Lipinski definition) is 6. The maximum atomic E-state index is 13.2. The van der Waals surface area contributed by atoms with Gasteiger partial charge in [0.1, 0.15) is 35.6 Å². The summed E-state index contributed by atoms with van der Waals surface area (Å²) in [7, 11) is 0. The quantitative estimate of drug-likeness (QED) is 0.519. The zero-order valence-electron chi connectivity index (χ0n) is 18.5. The molecule has 1 aliphatic rings. The molecular weight excluding hydrogens is 439 g/mol. The standard InChI is InChI=1S/C24H23FN6O3/c1-15-24(33)30(20-6-2-3-7-21(20)34-15)14-22(32)28-12-4-5-19-18(13-26)23(27)31(29-19)17-10-8-16(25)9-11-17/h2-3,6-11,15H,4-5,12,14,27H2,1H3,(H,28,32). The Morgan fingerprint density at radius 3 is 2.74 bits per heavy atom. The van der Waals surface area contributed by atoms with Crippen LogP contribution in [0.2, 0.25) is 0 Å². The Morgan fingerprint density at radius 2 is 2.00 bits per heavy atom. The molecular formula is C24H23FN6O3. The predicted octanol–water partition coefficient (Wildman–Crippen LogP) is 2.33. The largest absolute Gasteiger partial charge is 0.479 e. The molecule has 0 aliphatic carbocycles. The number of para-hydroxylation sites is 2. The van der Waals surface area contributed by atoms with Crippen molar-refractivity contribution in [1.29, 1.82) is 5.26 Å². The molecule has 3 N–H and O–H groups in total. The molecule has 0 bridgehead atoms. The zero-order valence-corrected chi connectivity index (χ0v) is 18.5. The van der Waals surface area contributed by atoms with Gasteiger partial charge in [-0.15, -0.1) is 0 Å². The number of benzene rings is 2. The highest BCUT2D eigenvalue weighted by molar-refractivity contribution is 6.03. The third-order valence-electron chi connectivity index (χ3n) is 5.46. The van der Waals surface area contributed by atoms with Crippen molar-refractivity contribution in [3.05, 3.63) is 65.6 Å². The first kappa shape index (κ1) is 22.8. The van der Waals surface area contributed by atoms with Crippen LogP contribution in [0, 0.1) is 17.1 Å². The molecule has 0 spiro atoms. The number of aromatic nitrogens is 2. The molecule has 2 heterocycles. The molecule has 1 unspecified atom stereocenters. The fraction of sp³-hybridized carbons (Fsp3) is 0.250. The summed E-state index contributed by atoms with van der Waals surface area (Å²) in [6, 6.07) is 14.8. The monoisotopic (exact) mass is 462 g/mol. The van der Waals surface area contributed by atoms with Crippen LogP contribution in [0.1, 0.15) is 24.6 Å². The molecule has 174 valence electrons. The van der Waals surface area contributed by atoms with Crippen LogP contribution in [0.25, 0.3) is 5.69 Å². The molecule has 2 aromatic carbocycles. The summed E-state index contributed by atoms with van der Waals surface area (Å²) in [6.45, 7) is 1.84. The van der Waals surface area contributed by atoms with E-state index < -0.39 is 6.10 Å². The van der Waals surface area contributed by atoms with Crippen LogP contribution in [0.5, 0.6) is 5.75 Å². The van der Waals surface area contributed by atoms with E-state index in [1.54, 1.807) is 31.2 Å². The van der Waals surface area contributed by atoms with E-state index >= 15 is 0 Å². The lowest BCUT2D eigenvalue weighted by molar-refractivity contribution is -0.128. The van der Waals surface area contributed by atoms with Crippen molar-refractivity contribution in [3.63, 3.8) is 0 Å². The number of anilines is 2. The molecule has 1 aromatic heterocycles. The summed E-state index contributed by atoms with van der Waals surface area (Å²) in [6.07, 6.45) is 0.233. The maximum Gasteiger partial charge on any atom is 0.268 e. The molecule has 0 saturated carbocycles. The van der Waals surface area contributed by atoms with Gasteiger partial charge >= 0.3 is 0 Å². The number of carbonyl (C=O) groups excluding carboxylic acids is 2. The van der Waals surface area contributed by atoms with Gasteiger partial charge < -0.3 is 15.8 Å². The van der Waals surface area contributed by atoms with E-state index in [1.807, 2.05) is 0 Å². The molecule has 0 fully saturated rings. The number of nitriles is 1. The average Bonchev–Trinajstić information content (AvgIpc) is 3.15. The second-order valence-corrected chi connectivity index (χ2v) is 7.81. The maximum absolute atomic E-state index is 13.2. The van der Waals surface area contributed by atoms with Crippen LogP contribution >= 0.6 is 0 Å². The smallest absolute Gasteiger partial charge is 0.268 e. The van der Waals surface area contributed by atoms with E-state index in [-0.39, 0.29) is 35.6 Å². The highest BCUT2D eigenvalue weighted by Crippen LogP contribution is 2.33. The fourth-order valence-electron chi connectivity index (χ4n) is 3.76. The number of rotatable bonds is 7. The van der Waals surface area contributed by atoms with E-state index in [0.717, 1.165) is 0 Å². The summed E-state index contributed by atoms with van der Waals surface area (Å²) in [5.74, 6) is -0.251. The number of aryl methyl sites for hydroxylation is 1. The van der Waals surface area contributed by atoms with Crippen LogP contribution in [-0.4, -0.2) is 40.8 Å². The second kappa shape index (κ2) is 9.62. The number of nitrogens with one attached hydrogen (secondary N) is 1. The first-order chi connectivity index (χ1) is 16.4. The zero-order chi connectivity index (χ0) is 24.2. The Labute approximate surface area is 195 Å². The Hall–Kier alpha value is -4.39. The van der Waals surface area contributed by atoms with E-state index in [2.05, 4.69) is 16.5 Å². The average molecular weight is 462 g/mol. The minimum atomic E-state index is -0.672. The SMILES string of the molecule is CC1Oc2ccccc2N(CC(=O)NCCCc2nn(-c3ccc(F)cc3)c(N)c2C#N)C1=O. The van der Waals surface area contributed by atoms with Crippen molar-refractivity contribution in [2.45, 2.75) is 25.9 Å². The van der Waals surface area contributed by atoms with Crippen LogP contribution < -0.4 is 20.7 Å². The van der Waals surface area contributed by atoms with Gasteiger partial charge in [0.2, 0.25) is 5.91 Å². The molecule has 2 amide bonds. The first-order valence-corrected chi connectivity index (χ1v) is 10.8. The molecule has 10 heteroatoms. The number of nitrogens with zero attached hydrogens (tertiary/aromatic N) is 4. The number of hydrogen-bond donors (Lipinski definition) is 2. The minimum Gasteiger partial charge on any atom is -0.479 e. The van der Waals surface area contributed by atoms with E-state index in [9.17, 15) is 19.2 Å². The molecule has 1 atom stereocenters. The normalized spacial score (nSPS) is 14.8. The van der Waals surface area contributed by atoms with Crippen LogP contribution in [0.15, 0.2) is 48.5 Å². The Bertz CT molecular complexity index is 1260. The highest BCUT2D eigenvalue weighted by Gasteiger charge is 2.32. The van der Waals surface area contributed by atoms with Crippen LogP contribution in [0.3, 0.4) is 0 Å². The third-order valence-corrected chi connectivity index (χ3v) is 5.46. The molecule has 4 rings (SSSR count). The van der Waals surface area contributed by atoms with Crippen LogP contribution in [0.4, 0.5) is 15.9 Å². The number of fused-ring (bicyclic) bond motifs is 1. The molecule has 3 aromatic rings. The van der Waals surface area contributed by atoms with Gasteiger partial charge in [-0.25, -0.2) is 9.07 Å². The van der Waals surface area contributed by atoms with Gasteiger partial charge in [0.25, 0.3) is 5.91 Å². The molecule has 0 radical (unpaired) electrons. The van der Waals surface area contributed by atoms with E-state index in [0.29, 0.717) is 42.2 Å². The Morgan fingerprint density at radius 1 is 1.26 bits per heavy atom. The number of halogens is 1. The van der Waals surface area contributed by atoms with Gasteiger partial charge in [-0.1, -0.05) is 12.1 Å². The lowest BCUT2D eigenvalue weighted by Crippen LogP contribution is -2.48. The van der Waals surface area contributed by atoms with Crippen molar-refractivity contribution in [1.82, 2.24) is 15.1 Å². The molecule has 34 heavy (non-hydrogen) atoms. The van der Waals surface area contributed by atoms with Crippen molar-refractivity contribution >= 4 is 23.3 Å². The number of nitrogens with two attached hydrogens (primary N) is 1. The van der Waals surface area contributed by atoms with E-state index in [1.165, 1.54) is 33.8 Å². The lowest BCUT2D eigenvalue weighted by atomic mass is 10.1. The predicted molar refractivity (Wildman–Crippen MR) is 123 cm³/mol. The number of amides is 2. The Kier molecular flexibility index (Phi) is 6.45. The number of nitrogen functional groups attached to an aromatic ring is 1. The van der Waals surface area contributed by atoms with Gasteiger partial charge in [0, 0.05) is 6.54 Å². The van der Waals surface area contributed by atoms with Crippen molar-refractivity contribution < 1.29 is 18.7 Å². The lowest BCUT2D eigenvalue weighted by Gasteiger charge is -2.32. The van der Waals surface area contributed by atoms with Gasteiger partial charge in [0.05, 0.1) is 17.1 Å². The summed E-state index contributed by atoms with van der Waals surface area (Å²) in [4.78, 5) is 26.5. The van der Waals surface area contributed by atoms with Crippen molar-refractivity contribution in [2.75, 3.05) is 23.7 Å². The topological polar surface area (TPSA) is 126 Å². The molecule has 0 saturated heterocycles. The van der Waals surface area contributed by atoms with Gasteiger partial charge in [-0.2, -0.15) is 10.4 Å².